The van der Waals surface area contributed by atoms with E-state index in [1.165, 1.54) is 24.3 Å². The van der Waals surface area contributed by atoms with Crippen LogP contribution in [0.3, 0.4) is 0 Å². The molecule has 0 aromatic carbocycles. The van der Waals surface area contributed by atoms with E-state index in [1.807, 2.05) is 0 Å². The van der Waals surface area contributed by atoms with E-state index in [9.17, 15) is 0 Å². The number of hydrogen-bond acceptors (Lipinski definition) is 4. The zero-order valence-corrected chi connectivity index (χ0v) is 7.79. The Bertz CT molecular complexity index is 267. The molecule has 0 aromatic rings. The van der Waals surface area contributed by atoms with Crippen molar-refractivity contribution in [3.63, 3.8) is 0 Å². The molecule has 11 heavy (non-hydrogen) atoms. The first-order valence-corrected chi connectivity index (χ1v) is 2.14. The maximum Gasteiger partial charge on any atom is 1.00 e. The molecule has 0 aliphatic carbocycles. The van der Waals surface area contributed by atoms with Crippen molar-refractivity contribution in [2.45, 2.75) is 0 Å². The van der Waals surface area contributed by atoms with Crippen molar-refractivity contribution in [2.75, 3.05) is 0 Å². The van der Waals surface area contributed by atoms with Crippen molar-refractivity contribution in [2.24, 2.45) is 0 Å². The molecule has 0 amide bonds. The Kier molecular flexibility index (Phi) is 7.67. The van der Waals surface area contributed by atoms with Crippen LogP contribution in [0.25, 0.3) is 0 Å². The Labute approximate surface area is 87.3 Å². The fraction of sp³-hybridized carbons (Fsp3) is 0. The number of nitriles is 4. The fourth-order valence-electron chi connectivity index (χ4n) is 0.274. The molecule has 0 saturated carbocycles. The summed E-state index contributed by atoms with van der Waals surface area (Å²) in [7, 11) is 0. The quantitative estimate of drug-likeness (QED) is 0.283. The van der Waals surface area contributed by atoms with Crippen molar-refractivity contribution < 1.29 is 31.0 Å². The molecule has 0 heterocycles. The Hall–Kier alpha value is -1.30. The monoisotopic (exact) mass is 152 g/mol. The molecule has 5 heteroatoms. The van der Waals surface area contributed by atoms with Gasteiger partial charge in [-0.3, -0.25) is 0 Å². The maximum absolute atomic E-state index is 8.13. The summed E-state index contributed by atoms with van der Waals surface area (Å²) in [5, 5.41) is 32.5. The van der Waals surface area contributed by atoms with Gasteiger partial charge >= 0.3 is 29.6 Å². The minimum atomic E-state index is -0.440. The fourth-order valence-corrected chi connectivity index (χ4v) is 0.274. The van der Waals surface area contributed by atoms with Crippen molar-refractivity contribution >= 4 is 0 Å². The number of hydrogen-bond donors (Lipinski definition) is 0. The van der Waals surface area contributed by atoms with Crippen LogP contribution >= 0.6 is 0 Å². The second kappa shape index (κ2) is 6.81. The van der Waals surface area contributed by atoms with Crippen LogP contribution in [0.4, 0.5) is 0 Å². The van der Waals surface area contributed by atoms with E-state index < -0.39 is 11.1 Å². The Balaban J connectivity index is -0.000000405. The standard InChI is InChI=1S/C6N4.Na.H/c7-1-5(2-8)6(3-9)4-10;;/q;+1;-1. The second-order valence-corrected chi connectivity index (χ2v) is 1.20. The zero-order chi connectivity index (χ0) is 7.98. The number of nitrogens with zero attached hydrogens (tertiary/aromatic N) is 4. The number of allylic oxidation sites excluding steroid dienone is 2. The molecule has 4 nitrogen and oxygen atoms in total. The third-order valence-corrected chi connectivity index (χ3v) is 0.697. The topological polar surface area (TPSA) is 95.2 Å². The first-order chi connectivity index (χ1) is 4.79. The van der Waals surface area contributed by atoms with E-state index in [-0.39, 0.29) is 31.0 Å². The third kappa shape index (κ3) is 3.41. The summed E-state index contributed by atoms with van der Waals surface area (Å²) in [6, 6.07) is 5.71. The third-order valence-electron chi connectivity index (χ3n) is 0.697. The van der Waals surface area contributed by atoms with Crippen LogP contribution in [0.1, 0.15) is 1.43 Å². The Morgan fingerprint density at radius 2 is 0.909 bits per heavy atom. The largest absolute Gasteiger partial charge is 1.00 e. The molecule has 0 rings (SSSR count). The van der Waals surface area contributed by atoms with Gasteiger partial charge in [0.2, 0.25) is 0 Å². The molecule has 0 bridgehead atoms. The predicted molar refractivity (Wildman–Crippen MR) is 30.6 cm³/mol. The summed E-state index contributed by atoms with van der Waals surface area (Å²) in [5.74, 6) is 0. The molecule has 0 saturated heterocycles. The van der Waals surface area contributed by atoms with Gasteiger partial charge < -0.3 is 1.43 Å². The predicted octanol–water partition coefficient (Wildman–Crippen LogP) is -2.51. The van der Waals surface area contributed by atoms with Crippen LogP contribution in [0.2, 0.25) is 0 Å². The molecule has 0 atom stereocenters. The molecule has 0 unspecified atom stereocenters. The van der Waals surface area contributed by atoms with E-state index in [0.717, 1.165) is 0 Å². The van der Waals surface area contributed by atoms with E-state index >= 15 is 0 Å². The molecule has 0 aliphatic rings. The van der Waals surface area contributed by atoms with E-state index in [0.29, 0.717) is 0 Å². The summed E-state index contributed by atoms with van der Waals surface area (Å²) >= 11 is 0. The van der Waals surface area contributed by atoms with Crippen molar-refractivity contribution in [3.8, 4) is 24.3 Å². The van der Waals surface area contributed by atoms with Gasteiger partial charge in [-0.1, -0.05) is 0 Å². The van der Waals surface area contributed by atoms with Gasteiger partial charge in [0.25, 0.3) is 0 Å². The Morgan fingerprint density at radius 3 is 1.00 bits per heavy atom. The zero-order valence-electron chi connectivity index (χ0n) is 6.79. The summed E-state index contributed by atoms with van der Waals surface area (Å²) in [5.41, 5.74) is -0.880. The molecule has 0 radical (unpaired) electrons. The van der Waals surface area contributed by atoms with Gasteiger partial charge in [0.15, 0.2) is 11.1 Å². The SMILES string of the molecule is N#CC(C#N)=C(C#N)C#N.[H-].[Na+]. The smallest absolute Gasteiger partial charge is 1.00 e. The summed E-state index contributed by atoms with van der Waals surface area (Å²) in [4.78, 5) is 0. The molecular formula is C6HN4Na. The van der Waals surface area contributed by atoms with Crippen molar-refractivity contribution in [1.82, 2.24) is 0 Å². The number of rotatable bonds is 0. The second-order valence-electron chi connectivity index (χ2n) is 1.20. The summed E-state index contributed by atoms with van der Waals surface area (Å²) < 4.78 is 0. The molecular weight excluding hydrogens is 151 g/mol. The van der Waals surface area contributed by atoms with Crippen LogP contribution in [0, 0.1) is 45.3 Å². The van der Waals surface area contributed by atoms with Gasteiger partial charge in [-0.15, -0.1) is 0 Å². The molecule has 0 aliphatic heterocycles. The van der Waals surface area contributed by atoms with E-state index in [4.69, 9.17) is 21.0 Å². The van der Waals surface area contributed by atoms with Crippen molar-refractivity contribution in [3.05, 3.63) is 11.1 Å². The minimum Gasteiger partial charge on any atom is -1.00 e. The van der Waals surface area contributed by atoms with Gasteiger partial charge in [-0.25, -0.2) is 0 Å². The van der Waals surface area contributed by atoms with Gasteiger partial charge in [-0.2, -0.15) is 21.0 Å². The molecule has 0 fully saturated rings. The van der Waals surface area contributed by atoms with Gasteiger partial charge in [-0.05, 0) is 0 Å². The molecule has 0 aromatic heterocycles. The molecule has 46 valence electrons. The molecule has 0 N–H and O–H groups in total. The Morgan fingerprint density at radius 1 is 0.727 bits per heavy atom. The van der Waals surface area contributed by atoms with Gasteiger partial charge in [0, 0.05) is 0 Å². The summed E-state index contributed by atoms with van der Waals surface area (Å²) in [6.07, 6.45) is 0. The van der Waals surface area contributed by atoms with Crippen LogP contribution in [0.15, 0.2) is 11.1 Å². The minimum absolute atomic E-state index is 0. The first-order valence-electron chi connectivity index (χ1n) is 2.14. The average molecular weight is 152 g/mol. The average Bonchev–Trinajstić information content (AvgIpc) is 2.00. The van der Waals surface area contributed by atoms with Crippen LogP contribution in [0.5, 0.6) is 0 Å². The van der Waals surface area contributed by atoms with Crippen LogP contribution in [-0.4, -0.2) is 0 Å². The first kappa shape index (κ1) is 12.4. The van der Waals surface area contributed by atoms with Gasteiger partial charge in [0.05, 0.1) is 0 Å². The van der Waals surface area contributed by atoms with Crippen LogP contribution < -0.4 is 29.6 Å². The summed E-state index contributed by atoms with van der Waals surface area (Å²) in [6.45, 7) is 0. The van der Waals surface area contributed by atoms with E-state index in [1.54, 1.807) is 0 Å². The van der Waals surface area contributed by atoms with Crippen LogP contribution in [-0.2, 0) is 0 Å². The normalized spacial score (nSPS) is 5.09. The van der Waals surface area contributed by atoms with Gasteiger partial charge in [0.1, 0.15) is 24.3 Å². The maximum atomic E-state index is 8.13. The van der Waals surface area contributed by atoms with E-state index in [2.05, 4.69) is 0 Å². The van der Waals surface area contributed by atoms with Crippen molar-refractivity contribution in [1.29, 1.82) is 21.0 Å². The molecule has 0 spiro atoms.